The third-order valence-corrected chi connectivity index (χ3v) is 1.64. The second kappa shape index (κ2) is 7.08. The van der Waals surface area contributed by atoms with Crippen LogP contribution in [0.3, 0.4) is 0 Å². The van der Waals surface area contributed by atoms with E-state index >= 15 is 0 Å². The third kappa shape index (κ3) is 4.04. The maximum atomic E-state index is 11.3. The van der Waals surface area contributed by atoms with Crippen molar-refractivity contribution < 1.29 is 19.4 Å². The lowest BCUT2D eigenvalue weighted by Gasteiger charge is -2.12. The first-order valence-electron chi connectivity index (χ1n) is 4.24. The van der Waals surface area contributed by atoms with Crippen LogP contribution >= 0.6 is 0 Å². The molecule has 2 N–H and O–H groups in total. The van der Waals surface area contributed by atoms with Crippen LogP contribution in [0.5, 0.6) is 0 Å². The van der Waals surface area contributed by atoms with Crippen molar-refractivity contribution in [1.29, 1.82) is 0 Å². The highest BCUT2D eigenvalue weighted by Crippen LogP contribution is 2.04. The normalized spacial score (nSPS) is 11.6. The molecule has 0 fully saturated rings. The van der Waals surface area contributed by atoms with Crippen LogP contribution in [0.25, 0.3) is 0 Å². The lowest BCUT2D eigenvalue weighted by molar-refractivity contribution is -0.150. The highest BCUT2D eigenvalue weighted by Gasteiger charge is 2.26. The van der Waals surface area contributed by atoms with E-state index in [1.54, 1.807) is 0 Å². The fourth-order valence-electron chi connectivity index (χ4n) is 0.923. The molecule has 0 bridgehead atoms. The van der Waals surface area contributed by atoms with Gasteiger partial charge in [0, 0.05) is 13.2 Å². The summed E-state index contributed by atoms with van der Waals surface area (Å²) in [6, 6.07) is 0. The summed E-state index contributed by atoms with van der Waals surface area (Å²) in [4.78, 5) is 22.4. The lowest BCUT2D eigenvalue weighted by atomic mass is 10.1. The van der Waals surface area contributed by atoms with Crippen LogP contribution in [0.2, 0.25) is 0 Å². The Bertz CT molecular complexity index is 215. The average molecular weight is 201 g/mol. The molecule has 0 rings (SSSR count). The molecular formula is C9H15NO4. The van der Waals surface area contributed by atoms with Crippen LogP contribution in [0.4, 0.5) is 0 Å². The Labute approximate surface area is 82.7 Å². The second-order valence-corrected chi connectivity index (χ2v) is 2.62. The van der Waals surface area contributed by atoms with E-state index in [1.165, 1.54) is 13.2 Å². The van der Waals surface area contributed by atoms with Gasteiger partial charge in [0.05, 0.1) is 7.11 Å². The molecule has 0 aromatic heterocycles. The van der Waals surface area contributed by atoms with E-state index in [-0.39, 0.29) is 19.6 Å². The fraction of sp³-hybridized carbons (Fsp3) is 0.556. The van der Waals surface area contributed by atoms with E-state index < -0.39 is 17.8 Å². The molecule has 14 heavy (non-hydrogen) atoms. The van der Waals surface area contributed by atoms with Gasteiger partial charge in [0.15, 0.2) is 0 Å². The Balaban J connectivity index is 4.24. The number of nitrogens with one attached hydrogen (secondary N) is 1. The minimum absolute atomic E-state index is 0.0651. The summed E-state index contributed by atoms with van der Waals surface area (Å²) in [5.74, 6) is -2.03. The first-order valence-corrected chi connectivity index (χ1v) is 4.24. The van der Waals surface area contributed by atoms with E-state index in [4.69, 9.17) is 5.11 Å². The number of carbonyl (C=O) groups is 2. The minimum atomic E-state index is -0.940. The predicted molar refractivity (Wildman–Crippen MR) is 50.4 cm³/mol. The lowest BCUT2D eigenvalue weighted by Crippen LogP contribution is -2.36. The molecule has 0 heterocycles. The van der Waals surface area contributed by atoms with Gasteiger partial charge in [-0.05, 0) is 6.42 Å². The van der Waals surface area contributed by atoms with Crippen molar-refractivity contribution in [1.82, 2.24) is 5.32 Å². The molecule has 0 aliphatic rings. The topological polar surface area (TPSA) is 75.6 Å². The van der Waals surface area contributed by atoms with E-state index in [2.05, 4.69) is 16.6 Å². The number of aliphatic hydroxyl groups excluding tert-OH is 1. The van der Waals surface area contributed by atoms with Crippen LogP contribution in [0.15, 0.2) is 12.7 Å². The first kappa shape index (κ1) is 12.6. The fourth-order valence-corrected chi connectivity index (χ4v) is 0.923. The molecule has 0 aromatic rings. The Morgan fingerprint density at radius 3 is 2.71 bits per heavy atom. The number of aliphatic hydroxyl groups is 1. The second-order valence-electron chi connectivity index (χ2n) is 2.62. The third-order valence-electron chi connectivity index (χ3n) is 1.64. The zero-order chi connectivity index (χ0) is 11.0. The van der Waals surface area contributed by atoms with E-state index in [1.807, 2.05) is 0 Å². The van der Waals surface area contributed by atoms with Gasteiger partial charge in [-0.1, -0.05) is 6.08 Å². The van der Waals surface area contributed by atoms with Gasteiger partial charge in [0.2, 0.25) is 5.91 Å². The highest BCUT2D eigenvalue weighted by molar-refractivity contribution is 5.97. The SMILES string of the molecule is C=CCNC(=O)C(CCO)C(=O)OC. The van der Waals surface area contributed by atoms with Crippen molar-refractivity contribution in [3.8, 4) is 0 Å². The molecule has 1 unspecified atom stereocenters. The standard InChI is InChI=1S/C9H15NO4/c1-3-5-10-8(12)7(4-6-11)9(13)14-2/h3,7,11H,1,4-6H2,2H3,(H,10,12). The molecule has 0 spiro atoms. The van der Waals surface area contributed by atoms with Gasteiger partial charge in [-0.3, -0.25) is 9.59 Å². The molecule has 0 saturated heterocycles. The van der Waals surface area contributed by atoms with E-state index in [0.717, 1.165) is 0 Å². The van der Waals surface area contributed by atoms with Crippen molar-refractivity contribution in [2.75, 3.05) is 20.3 Å². The van der Waals surface area contributed by atoms with Gasteiger partial charge in [0.1, 0.15) is 5.92 Å². The Morgan fingerprint density at radius 1 is 1.64 bits per heavy atom. The quantitative estimate of drug-likeness (QED) is 0.344. The minimum Gasteiger partial charge on any atom is -0.468 e. The largest absolute Gasteiger partial charge is 0.468 e. The Hall–Kier alpha value is -1.36. The van der Waals surface area contributed by atoms with Gasteiger partial charge in [-0.15, -0.1) is 6.58 Å². The number of rotatable bonds is 6. The van der Waals surface area contributed by atoms with Gasteiger partial charge < -0.3 is 15.2 Å². The summed E-state index contributed by atoms with van der Waals surface area (Å²) in [7, 11) is 1.20. The van der Waals surface area contributed by atoms with E-state index in [0.29, 0.717) is 0 Å². The van der Waals surface area contributed by atoms with Gasteiger partial charge in [-0.25, -0.2) is 0 Å². The van der Waals surface area contributed by atoms with Crippen molar-refractivity contribution in [2.45, 2.75) is 6.42 Å². The molecule has 5 heteroatoms. The molecule has 0 saturated carbocycles. The number of carbonyl (C=O) groups excluding carboxylic acids is 2. The number of methoxy groups -OCH3 is 1. The molecule has 0 aliphatic carbocycles. The van der Waals surface area contributed by atoms with Crippen molar-refractivity contribution in [3.63, 3.8) is 0 Å². The maximum absolute atomic E-state index is 11.3. The summed E-state index contributed by atoms with van der Waals surface area (Å²) in [5.41, 5.74) is 0. The molecule has 1 amide bonds. The van der Waals surface area contributed by atoms with E-state index in [9.17, 15) is 9.59 Å². The summed E-state index contributed by atoms with van der Waals surface area (Å²) < 4.78 is 4.43. The molecule has 1 atom stereocenters. The summed E-state index contributed by atoms with van der Waals surface area (Å²) >= 11 is 0. The number of amides is 1. The summed E-state index contributed by atoms with van der Waals surface area (Å²) in [6.07, 6.45) is 1.57. The summed E-state index contributed by atoms with van der Waals surface area (Å²) in [5, 5.41) is 11.1. The number of ether oxygens (including phenoxy) is 1. The average Bonchev–Trinajstić information content (AvgIpc) is 2.21. The monoisotopic (exact) mass is 201 g/mol. The van der Waals surface area contributed by atoms with Gasteiger partial charge in [0.25, 0.3) is 0 Å². The Morgan fingerprint density at radius 2 is 2.29 bits per heavy atom. The number of esters is 1. The van der Waals surface area contributed by atoms with Gasteiger partial charge in [-0.2, -0.15) is 0 Å². The highest BCUT2D eigenvalue weighted by atomic mass is 16.5. The zero-order valence-corrected chi connectivity index (χ0v) is 8.16. The number of hydrogen-bond donors (Lipinski definition) is 2. The van der Waals surface area contributed by atoms with Crippen LogP contribution in [0, 0.1) is 5.92 Å². The molecule has 0 aromatic carbocycles. The molecular weight excluding hydrogens is 186 g/mol. The predicted octanol–water partition coefficient (Wildman–Crippen LogP) is -0.540. The van der Waals surface area contributed by atoms with Crippen LogP contribution < -0.4 is 5.32 Å². The van der Waals surface area contributed by atoms with Crippen molar-refractivity contribution >= 4 is 11.9 Å². The number of hydrogen-bond acceptors (Lipinski definition) is 4. The summed E-state index contributed by atoms with van der Waals surface area (Å²) in [6.45, 7) is 3.48. The maximum Gasteiger partial charge on any atom is 0.318 e. The van der Waals surface area contributed by atoms with Crippen molar-refractivity contribution in [2.24, 2.45) is 5.92 Å². The smallest absolute Gasteiger partial charge is 0.318 e. The van der Waals surface area contributed by atoms with Crippen LogP contribution in [-0.4, -0.2) is 37.2 Å². The molecule has 80 valence electrons. The van der Waals surface area contributed by atoms with Crippen molar-refractivity contribution in [3.05, 3.63) is 12.7 Å². The molecule has 0 radical (unpaired) electrons. The van der Waals surface area contributed by atoms with Gasteiger partial charge >= 0.3 is 5.97 Å². The molecule has 0 aliphatic heterocycles. The zero-order valence-electron chi connectivity index (χ0n) is 8.16. The molecule has 5 nitrogen and oxygen atoms in total. The van der Waals surface area contributed by atoms with Crippen LogP contribution in [-0.2, 0) is 14.3 Å². The van der Waals surface area contributed by atoms with Crippen LogP contribution in [0.1, 0.15) is 6.42 Å². The first-order chi connectivity index (χ1) is 6.67. The Kier molecular flexibility index (Phi) is 6.39.